The lowest BCUT2D eigenvalue weighted by Gasteiger charge is -2.23. The number of carbonyl (C=O) groups excluding carboxylic acids is 1. The van der Waals surface area contributed by atoms with Crippen molar-refractivity contribution in [2.75, 3.05) is 16.8 Å². The summed E-state index contributed by atoms with van der Waals surface area (Å²) in [4.78, 5) is 22.9. The molecule has 0 saturated carbocycles. The van der Waals surface area contributed by atoms with E-state index in [0.29, 0.717) is 5.56 Å². The van der Waals surface area contributed by atoms with Crippen LogP contribution >= 0.6 is 0 Å². The zero-order valence-corrected chi connectivity index (χ0v) is 16.9. The molecule has 1 aliphatic rings. The molecule has 0 radical (unpaired) electrons. The van der Waals surface area contributed by atoms with Crippen LogP contribution in [0.25, 0.3) is 10.9 Å². The Hall–Kier alpha value is -3.60. The first-order valence-electron chi connectivity index (χ1n) is 10.4. The third kappa shape index (κ3) is 3.32. The Labute approximate surface area is 175 Å². The number of H-pyrrole nitrogens is 1. The molecular formula is C25H24N4O. The average Bonchev–Trinajstić information content (AvgIpc) is 3.33. The second kappa shape index (κ2) is 7.67. The third-order valence-electron chi connectivity index (χ3n) is 5.81. The molecular weight excluding hydrogens is 372 g/mol. The van der Waals surface area contributed by atoms with Gasteiger partial charge in [0.15, 0.2) is 0 Å². The van der Waals surface area contributed by atoms with E-state index in [-0.39, 0.29) is 11.9 Å². The number of amides is 1. The van der Waals surface area contributed by atoms with E-state index < -0.39 is 0 Å². The highest BCUT2D eigenvalue weighted by atomic mass is 16.2. The van der Waals surface area contributed by atoms with Crippen molar-refractivity contribution >= 4 is 28.3 Å². The summed E-state index contributed by atoms with van der Waals surface area (Å²) in [6.45, 7) is 2.84. The fourth-order valence-electron chi connectivity index (χ4n) is 4.34. The van der Waals surface area contributed by atoms with Gasteiger partial charge < -0.3 is 15.2 Å². The van der Waals surface area contributed by atoms with Gasteiger partial charge >= 0.3 is 0 Å². The Morgan fingerprint density at radius 1 is 1.17 bits per heavy atom. The van der Waals surface area contributed by atoms with Crippen molar-refractivity contribution in [3.8, 4) is 0 Å². The maximum absolute atomic E-state index is 13.2. The molecule has 1 amide bonds. The van der Waals surface area contributed by atoms with Gasteiger partial charge in [0.05, 0.1) is 0 Å². The molecule has 0 spiro atoms. The molecule has 0 saturated heterocycles. The number of hydrogen-bond acceptors (Lipinski definition) is 3. The molecule has 2 aromatic heterocycles. The topological polar surface area (TPSA) is 61.0 Å². The van der Waals surface area contributed by atoms with E-state index in [4.69, 9.17) is 0 Å². The van der Waals surface area contributed by atoms with Gasteiger partial charge in [0, 0.05) is 47.1 Å². The van der Waals surface area contributed by atoms with Gasteiger partial charge in [-0.1, -0.05) is 36.4 Å². The van der Waals surface area contributed by atoms with Crippen molar-refractivity contribution in [2.45, 2.75) is 25.8 Å². The van der Waals surface area contributed by atoms with Gasteiger partial charge in [-0.3, -0.25) is 4.79 Å². The molecule has 0 aliphatic carbocycles. The van der Waals surface area contributed by atoms with Crippen molar-refractivity contribution in [2.24, 2.45) is 0 Å². The second-order valence-electron chi connectivity index (χ2n) is 7.82. The number of aromatic nitrogens is 2. The van der Waals surface area contributed by atoms with Crippen LogP contribution < -0.4 is 10.2 Å². The number of hydrogen-bond donors (Lipinski definition) is 2. The van der Waals surface area contributed by atoms with Gasteiger partial charge in [0.2, 0.25) is 0 Å². The predicted octanol–water partition coefficient (Wildman–Crippen LogP) is 4.81. The Morgan fingerprint density at radius 2 is 2.00 bits per heavy atom. The van der Waals surface area contributed by atoms with E-state index in [9.17, 15) is 4.79 Å². The number of nitrogens with one attached hydrogen (secondary N) is 2. The summed E-state index contributed by atoms with van der Waals surface area (Å²) in [5.41, 5.74) is 5.32. The molecule has 2 aromatic carbocycles. The number of benzene rings is 2. The second-order valence-corrected chi connectivity index (χ2v) is 7.82. The molecule has 30 heavy (non-hydrogen) atoms. The average molecular weight is 396 g/mol. The van der Waals surface area contributed by atoms with Crippen LogP contribution in [0.2, 0.25) is 0 Å². The van der Waals surface area contributed by atoms with Crippen LogP contribution in [0.4, 0.5) is 11.5 Å². The normalized spacial score (nSPS) is 15.4. The smallest absolute Gasteiger partial charge is 0.258 e. The lowest BCUT2D eigenvalue weighted by molar-refractivity contribution is 0.0981. The molecule has 5 heteroatoms. The summed E-state index contributed by atoms with van der Waals surface area (Å²) in [6, 6.07) is 20.3. The van der Waals surface area contributed by atoms with Gasteiger partial charge in [0.1, 0.15) is 5.82 Å². The number of para-hydroxylation sites is 2. The molecule has 4 aromatic rings. The molecule has 3 heterocycles. The van der Waals surface area contributed by atoms with Crippen molar-refractivity contribution in [3.63, 3.8) is 0 Å². The quantitative estimate of drug-likeness (QED) is 0.509. The van der Waals surface area contributed by atoms with Crippen LogP contribution in [0.15, 0.2) is 73.1 Å². The molecule has 1 atom stereocenters. The summed E-state index contributed by atoms with van der Waals surface area (Å²) < 4.78 is 0. The first-order chi connectivity index (χ1) is 14.7. The zero-order chi connectivity index (χ0) is 20.5. The SMILES string of the molecule is CC1Cc2ccccc2N1C(=O)c1ccnc(NCCc2c[nH]c3ccccc23)c1. The first kappa shape index (κ1) is 18.4. The minimum Gasteiger partial charge on any atom is -0.370 e. The molecule has 1 aliphatic heterocycles. The van der Waals surface area contributed by atoms with Gasteiger partial charge in [-0.25, -0.2) is 4.98 Å². The van der Waals surface area contributed by atoms with Gasteiger partial charge in [-0.2, -0.15) is 0 Å². The Morgan fingerprint density at radius 3 is 2.93 bits per heavy atom. The van der Waals surface area contributed by atoms with E-state index >= 15 is 0 Å². The number of pyridine rings is 1. The summed E-state index contributed by atoms with van der Waals surface area (Å²) in [7, 11) is 0. The maximum atomic E-state index is 13.2. The van der Waals surface area contributed by atoms with Crippen LogP contribution in [0.5, 0.6) is 0 Å². The molecule has 150 valence electrons. The summed E-state index contributed by atoms with van der Waals surface area (Å²) in [5, 5.41) is 4.62. The van der Waals surface area contributed by atoms with Gasteiger partial charge in [-0.05, 0) is 55.2 Å². The van der Waals surface area contributed by atoms with Crippen LogP contribution in [-0.2, 0) is 12.8 Å². The van der Waals surface area contributed by atoms with E-state index in [1.807, 2.05) is 35.2 Å². The van der Waals surface area contributed by atoms with Crippen LogP contribution in [0.1, 0.15) is 28.4 Å². The molecule has 5 nitrogen and oxygen atoms in total. The fourth-order valence-corrected chi connectivity index (χ4v) is 4.34. The predicted molar refractivity (Wildman–Crippen MR) is 121 cm³/mol. The minimum absolute atomic E-state index is 0.0227. The first-order valence-corrected chi connectivity index (χ1v) is 10.4. The van der Waals surface area contributed by atoms with Crippen molar-refractivity contribution in [3.05, 3.63) is 89.7 Å². The highest BCUT2D eigenvalue weighted by Gasteiger charge is 2.31. The van der Waals surface area contributed by atoms with E-state index in [1.165, 1.54) is 16.5 Å². The largest absolute Gasteiger partial charge is 0.370 e. The number of aromatic amines is 1. The van der Waals surface area contributed by atoms with Gasteiger partial charge in [-0.15, -0.1) is 0 Å². The molecule has 2 N–H and O–H groups in total. The number of nitrogens with zero attached hydrogens (tertiary/aromatic N) is 2. The molecule has 0 bridgehead atoms. The number of rotatable bonds is 5. The van der Waals surface area contributed by atoms with Crippen molar-refractivity contribution < 1.29 is 4.79 Å². The number of carbonyl (C=O) groups is 1. The zero-order valence-electron chi connectivity index (χ0n) is 16.9. The van der Waals surface area contributed by atoms with Crippen molar-refractivity contribution in [1.29, 1.82) is 0 Å². The molecule has 0 fully saturated rings. The summed E-state index contributed by atoms with van der Waals surface area (Å²) >= 11 is 0. The van der Waals surface area contributed by atoms with Crippen LogP contribution in [0.3, 0.4) is 0 Å². The number of fused-ring (bicyclic) bond motifs is 2. The fraction of sp³-hybridized carbons (Fsp3) is 0.200. The molecule has 1 unspecified atom stereocenters. The third-order valence-corrected chi connectivity index (χ3v) is 5.81. The van der Waals surface area contributed by atoms with Gasteiger partial charge in [0.25, 0.3) is 5.91 Å². The summed E-state index contributed by atoms with van der Waals surface area (Å²) in [5.74, 6) is 0.746. The highest BCUT2D eigenvalue weighted by Crippen LogP contribution is 2.33. The minimum atomic E-state index is 0.0227. The lowest BCUT2D eigenvalue weighted by Crippen LogP contribution is -2.35. The standard InChI is InChI=1S/C25H24N4O/c1-17-14-18-6-2-5-9-23(18)29(17)25(30)19-10-12-26-24(15-19)27-13-11-20-16-28-22-8-4-3-7-21(20)22/h2-10,12,15-17,28H,11,13-14H2,1H3,(H,26,27). The Balaban J connectivity index is 1.29. The monoisotopic (exact) mass is 396 g/mol. The lowest BCUT2D eigenvalue weighted by atomic mass is 10.1. The Bertz CT molecular complexity index is 1210. The highest BCUT2D eigenvalue weighted by molar-refractivity contribution is 6.08. The number of anilines is 2. The summed E-state index contributed by atoms with van der Waals surface area (Å²) in [6.07, 6.45) is 5.53. The van der Waals surface area contributed by atoms with Crippen molar-refractivity contribution in [1.82, 2.24) is 9.97 Å². The van der Waals surface area contributed by atoms with E-state index in [1.54, 1.807) is 12.3 Å². The van der Waals surface area contributed by atoms with E-state index in [0.717, 1.165) is 36.4 Å². The van der Waals surface area contributed by atoms with Crippen LogP contribution in [-0.4, -0.2) is 28.5 Å². The van der Waals surface area contributed by atoms with E-state index in [2.05, 4.69) is 52.7 Å². The molecule has 5 rings (SSSR count). The maximum Gasteiger partial charge on any atom is 0.258 e. The Kier molecular flexibility index (Phi) is 4.71. The van der Waals surface area contributed by atoms with Crippen LogP contribution in [0, 0.1) is 0 Å².